The highest BCUT2D eigenvalue weighted by molar-refractivity contribution is 7.09. The number of hydrogen-bond acceptors (Lipinski definition) is 5. The molecule has 2 N–H and O–H groups in total. The molecular weight excluding hydrogens is 388 g/mol. The molecule has 0 spiro atoms. The second-order valence-electron chi connectivity index (χ2n) is 6.69. The van der Waals surface area contributed by atoms with Crippen LogP contribution in [0.4, 0.5) is 0 Å². The first-order valence-electron chi connectivity index (χ1n) is 9.45. The van der Waals surface area contributed by atoms with Crippen molar-refractivity contribution >= 4 is 23.2 Å². The Bertz CT molecular complexity index is 791. The molecular formula is C21H30N4O3S. The summed E-state index contributed by atoms with van der Waals surface area (Å²) in [5.41, 5.74) is 2.10. The van der Waals surface area contributed by atoms with Crippen LogP contribution in [0.15, 0.2) is 40.7 Å². The molecule has 0 fully saturated rings. The number of aliphatic imine (C=N–C) groups is 1. The van der Waals surface area contributed by atoms with Crippen LogP contribution >= 0.6 is 11.3 Å². The van der Waals surface area contributed by atoms with Crippen LogP contribution in [0.1, 0.15) is 16.0 Å². The quantitative estimate of drug-likeness (QED) is 0.352. The third-order valence-electron chi connectivity index (χ3n) is 4.09. The number of thiophene rings is 1. The molecule has 0 aliphatic heterocycles. The van der Waals surface area contributed by atoms with Crippen molar-refractivity contribution < 1.29 is 14.3 Å². The van der Waals surface area contributed by atoms with Crippen LogP contribution < -0.4 is 15.4 Å². The van der Waals surface area contributed by atoms with Crippen molar-refractivity contribution in [2.45, 2.75) is 20.0 Å². The van der Waals surface area contributed by atoms with Crippen LogP contribution in [0.2, 0.25) is 0 Å². The second kappa shape index (κ2) is 12.1. The summed E-state index contributed by atoms with van der Waals surface area (Å²) < 4.78 is 10.9. The summed E-state index contributed by atoms with van der Waals surface area (Å²) in [5, 5.41) is 8.43. The molecule has 1 aromatic carbocycles. The van der Waals surface area contributed by atoms with Gasteiger partial charge in [0.1, 0.15) is 12.4 Å². The molecule has 7 nitrogen and oxygen atoms in total. The van der Waals surface area contributed by atoms with Crippen molar-refractivity contribution in [3.63, 3.8) is 0 Å². The smallest absolute Gasteiger partial charge is 0.241 e. The van der Waals surface area contributed by atoms with E-state index in [-0.39, 0.29) is 12.5 Å². The predicted molar refractivity (Wildman–Crippen MR) is 118 cm³/mol. The highest BCUT2D eigenvalue weighted by Crippen LogP contribution is 2.21. The number of benzene rings is 1. The van der Waals surface area contributed by atoms with E-state index >= 15 is 0 Å². The van der Waals surface area contributed by atoms with Gasteiger partial charge in [-0.25, -0.2) is 4.99 Å². The maximum Gasteiger partial charge on any atom is 0.241 e. The highest BCUT2D eigenvalue weighted by atomic mass is 32.1. The predicted octanol–water partition coefficient (Wildman–Crippen LogP) is 2.41. The minimum Gasteiger partial charge on any atom is -0.491 e. The molecule has 1 heterocycles. The van der Waals surface area contributed by atoms with Crippen molar-refractivity contribution in [2.75, 3.05) is 41.0 Å². The van der Waals surface area contributed by atoms with Crippen molar-refractivity contribution in [3.8, 4) is 5.75 Å². The second-order valence-corrected chi connectivity index (χ2v) is 7.72. The Morgan fingerprint density at radius 1 is 1.21 bits per heavy atom. The van der Waals surface area contributed by atoms with E-state index in [9.17, 15) is 4.79 Å². The summed E-state index contributed by atoms with van der Waals surface area (Å²) in [6.07, 6.45) is 0. The lowest BCUT2D eigenvalue weighted by atomic mass is 10.1. The zero-order valence-electron chi connectivity index (χ0n) is 17.5. The maximum atomic E-state index is 11.9. The molecule has 0 bridgehead atoms. The lowest BCUT2D eigenvalue weighted by molar-refractivity contribution is -0.127. The molecule has 158 valence electrons. The molecule has 0 saturated carbocycles. The molecule has 29 heavy (non-hydrogen) atoms. The van der Waals surface area contributed by atoms with E-state index in [0.717, 1.165) is 16.9 Å². The van der Waals surface area contributed by atoms with Crippen molar-refractivity contribution in [1.29, 1.82) is 0 Å². The fourth-order valence-electron chi connectivity index (χ4n) is 2.40. The van der Waals surface area contributed by atoms with E-state index in [0.29, 0.717) is 32.3 Å². The molecule has 0 aliphatic carbocycles. The lowest BCUT2D eigenvalue weighted by Crippen LogP contribution is -2.42. The molecule has 2 aromatic rings. The Hall–Kier alpha value is -2.58. The lowest BCUT2D eigenvalue weighted by Gasteiger charge is -2.15. The largest absolute Gasteiger partial charge is 0.491 e. The van der Waals surface area contributed by atoms with E-state index < -0.39 is 0 Å². The van der Waals surface area contributed by atoms with Gasteiger partial charge in [0.25, 0.3) is 0 Å². The highest BCUT2D eigenvalue weighted by Gasteiger charge is 2.08. The third-order valence-corrected chi connectivity index (χ3v) is 4.97. The summed E-state index contributed by atoms with van der Waals surface area (Å²) in [6.45, 7) is 4.28. The van der Waals surface area contributed by atoms with Gasteiger partial charge < -0.3 is 25.0 Å². The van der Waals surface area contributed by atoms with Gasteiger partial charge in [-0.1, -0.05) is 18.2 Å². The molecule has 0 saturated heterocycles. The molecule has 0 atom stereocenters. The molecule has 1 aromatic heterocycles. The first kappa shape index (κ1) is 22.7. The standard InChI is InChI=1S/C21H30N4O3S/c1-16-7-8-17(19(12-16)28-10-9-27-4)13-22-21(24-15-20(26)25(2)3)23-14-18-6-5-11-29-18/h5-8,11-12H,9-10,13-15H2,1-4H3,(H2,22,23,24). The Morgan fingerprint density at radius 2 is 2.03 bits per heavy atom. The number of likely N-dealkylation sites (N-methyl/N-ethyl adjacent to an activating group) is 1. The van der Waals surface area contributed by atoms with Crippen molar-refractivity contribution in [1.82, 2.24) is 15.5 Å². The number of guanidine groups is 1. The monoisotopic (exact) mass is 418 g/mol. The molecule has 0 aliphatic rings. The maximum absolute atomic E-state index is 11.9. The molecule has 0 radical (unpaired) electrons. The first-order valence-corrected chi connectivity index (χ1v) is 10.3. The summed E-state index contributed by atoms with van der Waals surface area (Å²) >= 11 is 1.67. The first-order chi connectivity index (χ1) is 14.0. The summed E-state index contributed by atoms with van der Waals surface area (Å²) in [4.78, 5) is 19.3. The van der Waals surface area contributed by atoms with Gasteiger partial charge in [0.05, 0.1) is 26.2 Å². The minimum absolute atomic E-state index is 0.0189. The van der Waals surface area contributed by atoms with Gasteiger partial charge in [0.2, 0.25) is 5.91 Å². The van der Waals surface area contributed by atoms with E-state index in [2.05, 4.69) is 21.7 Å². The number of methoxy groups -OCH3 is 1. The normalized spacial score (nSPS) is 11.2. The van der Waals surface area contributed by atoms with Crippen LogP contribution in [-0.4, -0.2) is 57.7 Å². The van der Waals surface area contributed by atoms with E-state index in [1.807, 2.05) is 36.6 Å². The Balaban J connectivity index is 2.08. The van der Waals surface area contributed by atoms with Gasteiger partial charge in [0.15, 0.2) is 5.96 Å². The number of carbonyl (C=O) groups excluding carboxylic acids is 1. The number of hydrogen-bond donors (Lipinski definition) is 2. The summed E-state index contributed by atoms with van der Waals surface area (Å²) in [6, 6.07) is 10.1. The Kier molecular flexibility index (Phi) is 9.46. The molecule has 8 heteroatoms. The van der Waals surface area contributed by atoms with Gasteiger partial charge in [-0.2, -0.15) is 0 Å². The van der Waals surface area contributed by atoms with Crippen molar-refractivity contribution in [3.05, 3.63) is 51.7 Å². The van der Waals surface area contributed by atoms with Gasteiger partial charge in [0, 0.05) is 31.6 Å². The summed E-state index contributed by atoms with van der Waals surface area (Å²) in [7, 11) is 5.11. The van der Waals surface area contributed by atoms with Crippen molar-refractivity contribution in [2.24, 2.45) is 4.99 Å². The number of rotatable bonds is 10. The zero-order chi connectivity index (χ0) is 21.1. The summed E-state index contributed by atoms with van der Waals surface area (Å²) in [5.74, 6) is 1.36. The average molecular weight is 419 g/mol. The van der Waals surface area contributed by atoms with Gasteiger partial charge in [-0.3, -0.25) is 4.79 Å². The number of ether oxygens (including phenoxy) is 2. The minimum atomic E-state index is -0.0189. The fraction of sp³-hybridized carbons (Fsp3) is 0.429. The Labute approximate surface area is 176 Å². The van der Waals surface area contributed by atoms with E-state index in [4.69, 9.17) is 9.47 Å². The third kappa shape index (κ3) is 8.13. The molecule has 0 unspecified atom stereocenters. The number of carbonyl (C=O) groups is 1. The van der Waals surface area contributed by atoms with Crippen LogP contribution in [0.5, 0.6) is 5.75 Å². The van der Waals surface area contributed by atoms with Crippen LogP contribution in [0.3, 0.4) is 0 Å². The fourth-order valence-corrected chi connectivity index (χ4v) is 3.05. The topological polar surface area (TPSA) is 75.2 Å². The number of amides is 1. The molecule has 1 amide bonds. The van der Waals surface area contributed by atoms with Gasteiger partial charge in [-0.05, 0) is 30.0 Å². The zero-order valence-corrected chi connectivity index (χ0v) is 18.3. The van der Waals surface area contributed by atoms with Gasteiger partial charge in [-0.15, -0.1) is 11.3 Å². The number of aryl methyl sites for hydroxylation is 1. The molecule has 2 rings (SSSR count). The Morgan fingerprint density at radius 3 is 2.72 bits per heavy atom. The number of nitrogens with zero attached hydrogens (tertiary/aromatic N) is 2. The van der Waals surface area contributed by atoms with Crippen LogP contribution in [0.25, 0.3) is 0 Å². The van der Waals surface area contributed by atoms with Gasteiger partial charge >= 0.3 is 0 Å². The average Bonchev–Trinajstić information content (AvgIpc) is 3.22. The number of nitrogens with one attached hydrogen (secondary N) is 2. The van der Waals surface area contributed by atoms with E-state index in [1.54, 1.807) is 37.4 Å². The van der Waals surface area contributed by atoms with E-state index in [1.165, 1.54) is 4.88 Å². The van der Waals surface area contributed by atoms with Crippen LogP contribution in [0, 0.1) is 6.92 Å². The SMILES string of the molecule is COCCOc1cc(C)ccc1CN=C(NCC(=O)N(C)C)NCc1cccs1. The van der Waals surface area contributed by atoms with Crippen LogP contribution in [-0.2, 0) is 22.6 Å².